The fourth-order valence-electron chi connectivity index (χ4n) is 4.41. The number of nitrogens with one attached hydrogen (secondary N) is 1. The van der Waals surface area contributed by atoms with Crippen LogP contribution in [-0.4, -0.2) is 0 Å². The van der Waals surface area contributed by atoms with E-state index in [-0.39, 0.29) is 34.0 Å². The normalized spacial score (nSPS) is 10.6. The van der Waals surface area contributed by atoms with Gasteiger partial charge in [-0.15, -0.1) is 0 Å². The first kappa shape index (κ1) is 26.5. The predicted molar refractivity (Wildman–Crippen MR) is 125 cm³/mol. The molecule has 4 rings (SSSR count). The number of aromatic nitrogens is 2. The molecule has 0 atom stereocenters. The Bertz CT molecular complexity index is 1080. The van der Waals surface area contributed by atoms with Crippen LogP contribution in [0.3, 0.4) is 0 Å². The molecule has 0 saturated heterocycles. The fraction of sp³-hybridized carbons (Fsp3) is 0.357. The molecule has 4 aromatic rings. The molecule has 2 aromatic heterocycles. The number of aromatic amines is 1. The van der Waals surface area contributed by atoms with Crippen LogP contribution in [0, 0.1) is 0 Å². The van der Waals surface area contributed by atoms with Gasteiger partial charge in [-0.2, -0.15) is 0 Å². The first-order valence-corrected chi connectivity index (χ1v) is 11.7. The molecule has 170 valence electrons. The Labute approximate surface area is 213 Å². The quantitative estimate of drug-likeness (QED) is 0.188. The molecule has 32 heavy (non-hydrogen) atoms. The van der Waals surface area contributed by atoms with Crippen LogP contribution >= 0.6 is 0 Å². The summed E-state index contributed by atoms with van der Waals surface area (Å²) in [5.74, 6) is 0. The molecule has 4 heteroatoms. The van der Waals surface area contributed by atoms with E-state index < -0.39 is 0 Å². The molecule has 0 radical (unpaired) electrons. The molecule has 0 aliphatic heterocycles. The summed E-state index contributed by atoms with van der Waals surface area (Å²) in [6, 6.07) is 21.7. The number of fused-ring (bicyclic) bond motifs is 2. The minimum atomic E-state index is 0. The summed E-state index contributed by atoms with van der Waals surface area (Å²) in [5, 5.41) is 5.38. The zero-order valence-electron chi connectivity index (χ0n) is 18.8. The molecular weight excluding hydrogens is 524 g/mol. The minimum Gasteiger partial charge on any atom is -1.00 e. The zero-order chi connectivity index (χ0) is 20.4. The van der Waals surface area contributed by atoms with Crippen molar-refractivity contribution in [3.8, 4) is 0 Å². The van der Waals surface area contributed by atoms with Gasteiger partial charge in [0.25, 0.3) is 0 Å². The highest BCUT2D eigenvalue weighted by Crippen LogP contribution is 2.17. The monoisotopic (exact) mass is 556 g/mol. The Morgan fingerprint density at radius 1 is 0.594 bits per heavy atom. The number of pyridine rings is 2. The van der Waals surface area contributed by atoms with Gasteiger partial charge in [0.05, 0.1) is 0 Å². The van der Waals surface area contributed by atoms with Gasteiger partial charge >= 0.3 is 0 Å². The topological polar surface area (TPSA) is 18.0 Å². The third-order valence-corrected chi connectivity index (χ3v) is 6.15. The molecule has 0 spiro atoms. The number of hydrogen-bond donors (Lipinski definition) is 0. The molecule has 2 heterocycles. The second-order valence-electron chi connectivity index (χ2n) is 8.43. The van der Waals surface area contributed by atoms with Gasteiger partial charge in [0.1, 0.15) is 6.54 Å². The lowest BCUT2D eigenvalue weighted by molar-refractivity contribution is -0.696. The van der Waals surface area contributed by atoms with Crippen molar-refractivity contribution in [3.63, 3.8) is 0 Å². The second-order valence-corrected chi connectivity index (χ2v) is 8.43. The van der Waals surface area contributed by atoms with Gasteiger partial charge in [-0.25, -0.2) is 9.55 Å². The summed E-state index contributed by atoms with van der Waals surface area (Å²) >= 11 is 0. The van der Waals surface area contributed by atoms with E-state index in [0.29, 0.717) is 0 Å². The maximum absolute atomic E-state index is 3.46. The number of halogens is 2. The van der Waals surface area contributed by atoms with Crippen molar-refractivity contribution in [1.29, 1.82) is 0 Å². The van der Waals surface area contributed by atoms with Crippen LogP contribution in [-0.2, 0) is 13.0 Å². The maximum Gasteiger partial charge on any atom is 0.187 e. The number of unbranched alkanes of at least 4 members (excludes halogenated alkanes) is 7. The molecule has 0 saturated carbocycles. The van der Waals surface area contributed by atoms with E-state index in [1.165, 1.54) is 78.6 Å². The van der Waals surface area contributed by atoms with Gasteiger partial charge in [0.15, 0.2) is 24.3 Å². The molecule has 0 aliphatic carbocycles. The van der Waals surface area contributed by atoms with E-state index in [1.54, 1.807) is 0 Å². The van der Waals surface area contributed by atoms with E-state index in [1.807, 2.05) is 0 Å². The first-order valence-electron chi connectivity index (χ1n) is 11.7. The van der Waals surface area contributed by atoms with Crippen LogP contribution in [0.5, 0.6) is 0 Å². The predicted octanol–water partition coefficient (Wildman–Crippen LogP) is 0.466. The van der Waals surface area contributed by atoms with Crippen LogP contribution in [0.2, 0.25) is 0 Å². The Morgan fingerprint density at radius 2 is 1.22 bits per heavy atom. The summed E-state index contributed by atoms with van der Waals surface area (Å²) in [7, 11) is 0. The maximum atomic E-state index is 3.46. The molecule has 1 N–H and O–H groups in total. The summed E-state index contributed by atoms with van der Waals surface area (Å²) in [4.78, 5) is 3.46. The van der Waals surface area contributed by atoms with Crippen LogP contribution in [0.1, 0.15) is 57.1 Å². The van der Waals surface area contributed by atoms with Crippen molar-refractivity contribution < 1.29 is 43.5 Å². The lowest BCUT2D eigenvalue weighted by atomic mass is 10.0. The lowest BCUT2D eigenvalue weighted by Gasteiger charge is -2.03. The van der Waals surface area contributed by atoms with Gasteiger partial charge in [-0.3, -0.25) is 0 Å². The van der Waals surface area contributed by atoms with Crippen molar-refractivity contribution in [2.75, 3.05) is 0 Å². The molecule has 2 nitrogen and oxygen atoms in total. The van der Waals surface area contributed by atoms with Gasteiger partial charge in [0.2, 0.25) is 0 Å². The van der Waals surface area contributed by atoms with Crippen LogP contribution in [0.4, 0.5) is 0 Å². The summed E-state index contributed by atoms with van der Waals surface area (Å²) in [6.07, 6.45) is 18.5. The van der Waals surface area contributed by atoms with Gasteiger partial charge in [-0.1, -0.05) is 68.5 Å². The van der Waals surface area contributed by atoms with E-state index in [9.17, 15) is 0 Å². The molecule has 0 aliphatic rings. The Morgan fingerprint density at radius 3 is 2.00 bits per heavy atom. The fourth-order valence-corrected chi connectivity index (χ4v) is 4.41. The van der Waals surface area contributed by atoms with E-state index in [4.69, 9.17) is 0 Å². The van der Waals surface area contributed by atoms with Crippen molar-refractivity contribution in [2.24, 2.45) is 0 Å². The number of aryl methyl sites for hydroxylation is 2. The van der Waals surface area contributed by atoms with Crippen molar-refractivity contribution in [3.05, 3.63) is 84.9 Å². The van der Waals surface area contributed by atoms with Crippen molar-refractivity contribution in [1.82, 2.24) is 0 Å². The number of rotatable bonds is 11. The van der Waals surface area contributed by atoms with Gasteiger partial charge < -0.3 is 34.0 Å². The molecule has 0 amide bonds. The third-order valence-electron chi connectivity index (χ3n) is 6.15. The molecular formula is C28H34Br2N2. The summed E-state index contributed by atoms with van der Waals surface area (Å²) < 4.78 is 2.34. The molecule has 0 fully saturated rings. The minimum absolute atomic E-state index is 0. The van der Waals surface area contributed by atoms with E-state index >= 15 is 0 Å². The third kappa shape index (κ3) is 7.67. The summed E-state index contributed by atoms with van der Waals surface area (Å²) in [6.45, 7) is 1.13. The number of benzene rings is 2. The first-order chi connectivity index (χ1) is 14.9. The van der Waals surface area contributed by atoms with Crippen molar-refractivity contribution >= 4 is 21.5 Å². The zero-order valence-corrected chi connectivity index (χ0v) is 22.0. The number of H-pyrrole nitrogens is 1. The average Bonchev–Trinajstić information content (AvgIpc) is 2.80. The Balaban J connectivity index is 0.00000181. The summed E-state index contributed by atoms with van der Waals surface area (Å²) in [5.41, 5.74) is 1.39. The molecule has 0 unspecified atom stereocenters. The highest BCUT2D eigenvalue weighted by atomic mass is 79.9. The SMILES string of the molecule is [Br-].[Br-].c1ccc2c[n+](CCCCCCCCCCc3[nH+]ccc4ccccc34)ccc2c1. The van der Waals surface area contributed by atoms with Gasteiger partial charge in [0, 0.05) is 35.7 Å². The number of nitrogens with zero attached hydrogens (tertiary/aromatic N) is 1. The van der Waals surface area contributed by atoms with Crippen LogP contribution < -0.4 is 43.5 Å². The second kappa shape index (κ2) is 14.4. The molecule has 2 aromatic carbocycles. The highest BCUT2D eigenvalue weighted by Gasteiger charge is 2.07. The van der Waals surface area contributed by atoms with Crippen molar-refractivity contribution in [2.45, 2.75) is 64.3 Å². The number of hydrogen-bond acceptors (Lipinski definition) is 0. The smallest absolute Gasteiger partial charge is 0.187 e. The Kier molecular flexibility index (Phi) is 11.9. The average molecular weight is 558 g/mol. The lowest BCUT2D eigenvalue weighted by Crippen LogP contribution is -3.00. The highest BCUT2D eigenvalue weighted by molar-refractivity contribution is 5.83. The van der Waals surface area contributed by atoms with Crippen LogP contribution in [0.25, 0.3) is 21.5 Å². The molecule has 0 bridgehead atoms. The van der Waals surface area contributed by atoms with Gasteiger partial charge in [-0.05, 0) is 35.7 Å². The van der Waals surface area contributed by atoms with E-state index in [2.05, 4.69) is 88.8 Å². The van der Waals surface area contributed by atoms with Crippen LogP contribution in [0.15, 0.2) is 79.3 Å². The van der Waals surface area contributed by atoms with E-state index in [0.717, 1.165) is 13.0 Å². The standard InChI is InChI=1S/C28H33N2.2BrH/c1(3-5-7-17-28-27-16-11-10-14-25(27)18-20-29-28)2-4-6-12-21-30-22-19-24-13-8-9-15-26(24)23-30;;/h8-11,13-16,18-20,22-23H,1-7,12,17,21H2;2*1H/q+1;;/p-1. The largest absolute Gasteiger partial charge is 1.00 e. The Hall–Kier alpha value is -1.78.